The van der Waals surface area contributed by atoms with Crippen molar-refractivity contribution in [3.05, 3.63) is 34.4 Å². The van der Waals surface area contributed by atoms with Crippen LogP contribution in [0.5, 0.6) is 0 Å². The molecule has 0 aliphatic heterocycles. The molecule has 3 nitrogen and oxygen atoms in total. The number of hydrogen-bond acceptors (Lipinski definition) is 2. The maximum atomic E-state index is 13.5. The predicted molar refractivity (Wildman–Crippen MR) is 91.9 cm³/mol. The number of Topliss-reactive ketones (excluding diaryl/α,β-unsaturated/α-hetero) is 1. The quantitative estimate of drug-likeness (QED) is 0.790. The summed E-state index contributed by atoms with van der Waals surface area (Å²) in [6.45, 7) is 7.84. The van der Waals surface area contributed by atoms with Crippen LogP contribution in [0, 0.1) is 32.1 Å². The number of aliphatic carboxylic acids is 1. The highest BCUT2D eigenvalue weighted by Crippen LogP contribution is 2.47. The molecule has 0 radical (unpaired) electrons. The highest BCUT2D eigenvalue weighted by molar-refractivity contribution is 6.05. The van der Waals surface area contributed by atoms with E-state index < -0.39 is 17.3 Å². The van der Waals surface area contributed by atoms with Crippen molar-refractivity contribution >= 4 is 11.8 Å². The first kappa shape index (κ1) is 17.7. The number of carbonyl (C=O) groups excluding carboxylic acids is 1. The highest BCUT2D eigenvalue weighted by atomic mass is 16.4. The van der Waals surface area contributed by atoms with E-state index in [0.717, 1.165) is 41.5 Å². The summed E-state index contributed by atoms with van der Waals surface area (Å²) in [5.74, 6) is -1.36. The monoisotopic (exact) mass is 316 g/mol. The minimum Gasteiger partial charge on any atom is -0.481 e. The number of benzene rings is 1. The van der Waals surface area contributed by atoms with E-state index in [1.54, 1.807) is 0 Å². The van der Waals surface area contributed by atoms with Crippen LogP contribution in [0.1, 0.15) is 72.5 Å². The lowest BCUT2D eigenvalue weighted by Gasteiger charge is -2.40. The van der Waals surface area contributed by atoms with Crippen LogP contribution in [-0.2, 0) is 4.79 Å². The molecule has 0 spiro atoms. The van der Waals surface area contributed by atoms with Crippen LogP contribution in [0.4, 0.5) is 0 Å². The molecule has 0 heterocycles. The number of carboxylic acids is 1. The largest absolute Gasteiger partial charge is 0.481 e. The van der Waals surface area contributed by atoms with Gasteiger partial charge in [-0.1, -0.05) is 43.9 Å². The highest BCUT2D eigenvalue weighted by Gasteiger charge is 2.49. The Morgan fingerprint density at radius 2 is 1.61 bits per heavy atom. The third-order valence-corrected chi connectivity index (χ3v) is 5.48. The van der Waals surface area contributed by atoms with Crippen molar-refractivity contribution in [1.29, 1.82) is 0 Å². The number of hydrogen-bond donors (Lipinski definition) is 1. The van der Waals surface area contributed by atoms with Crippen LogP contribution in [0.3, 0.4) is 0 Å². The smallest absolute Gasteiger partial charge is 0.307 e. The molecule has 1 saturated carbocycles. The van der Waals surface area contributed by atoms with Crippen LogP contribution < -0.4 is 0 Å². The van der Waals surface area contributed by atoms with Gasteiger partial charge in [-0.2, -0.15) is 0 Å². The molecule has 1 aliphatic rings. The third-order valence-electron chi connectivity index (χ3n) is 5.48. The molecule has 2 rings (SSSR count). The third kappa shape index (κ3) is 3.19. The standard InChI is InChI=1S/C20H28O3/c1-5-16(19(22)23)20(9-7-6-8-10-20)18(21)17-14(3)11-13(2)12-15(17)4/h11-12,16H,5-10H2,1-4H3,(H,22,23). The maximum Gasteiger partial charge on any atom is 0.307 e. The second kappa shape index (κ2) is 6.86. The molecule has 1 aliphatic carbocycles. The van der Waals surface area contributed by atoms with Gasteiger partial charge >= 0.3 is 5.97 Å². The molecular formula is C20H28O3. The van der Waals surface area contributed by atoms with Gasteiger partial charge in [0.05, 0.1) is 5.92 Å². The summed E-state index contributed by atoms with van der Waals surface area (Å²) in [5, 5.41) is 9.72. The maximum absolute atomic E-state index is 13.5. The summed E-state index contributed by atoms with van der Waals surface area (Å²) in [6.07, 6.45) is 4.88. The van der Waals surface area contributed by atoms with Crippen LogP contribution in [0.2, 0.25) is 0 Å². The van der Waals surface area contributed by atoms with Crippen LogP contribution in [0.15, 0.2) is 12.1 Å². The van der Waals surface area contributed by atoms with Gasteiger partial charge in [-0.05, 0) is 51.2 Å². The van der Waals surface area contributed by atoms with E-state index in [0.29, 0.717) is 19.3 Å². The molecule has 1 atom stereocenters. The van der Waals surface area contributed by atoms with Gasteiger partial charge in [0.2, 0.25) is 0 Å². The summed E-state index contributed by atoms with van der Waals surface area (Å²) in [7, 11) is 0. The molecule has 0 aromatic heterocycles. The number of rotatable bonds is 5. The summed E-state index contributed by atoms with van der Waals surface area (Å²) in [6, 6.07) is 4.05. The number of carbonyl (C=O) groups is 2. The van der Waals surface area contributed by atoms with Gasteiger partial charge in [0, 0.05) is 11.0 Å². The first-order valence-corrected chi connectivity index (χ1v) is 8.69. The first-order chi connectivity index (χ1) is 10.8. The van der Waals surface area contributed by atoms with Gasteiger partial charge in [0.15, 0.2) is 5.78 Å². The fourth-order valence-electron chi connectivity index (χ4n) is 4.51. The Labute approximate surface area is 139 Å². The lowest BCUT2D eigenvalue weighted by molar-refractivity contribution is -0.146. The zero-order valence-electron chi connectivity index (χ0n) is 14.7. The fraction of sp³-hybridized carbons (Fsp3) is 0.600. The second-order valence-electron chi connectivity index (χ2n) is 7.12. The number of ketones is 1. The number of aryl methyl sites for hydroxylation is 3. The van der Waals surface area contributed by atoms with Crippen molar-refractivity contribution in [2.45, 2.75) is 66.2 Å². The summed E-state index contributed by atoms with van der Waals surface area (Å²) >= 11 is 0. The van der Waals surface area contributed by atoms with Gasteiger partial charge in [-0.3, -0.25) is 9.59 Å². The first-order valence-electron chi connectivity index (χ1n) is 8.69. The van der Waals surface area contributed by atoms with Crippen molar-refractivity contribution in [2.75, 3.05) is 0 Å². The molecule has 1 unspecified atom stereocenters. The van der Waals surface area contributed by atoms with Gasteiger partial charge in [0.25, 0.3) is 0 Å². The van der Waals surface area contributed by atoms with Crippen molar-refractivity contribution in [2.24, 2.45) is 11.3 Å². The van der Waals surface area contributed by atoms with Crippen molar-refractivity contribution in [3.63, 3.8) is 0 Å². The summed E-state index contributed by atoms with van der Waals surface area (Å²) < 4.78 is 0. The predicted octanol–water partition coefficient (Wildman–Crippen LogP) is 4.86. The lowest BCUT2D eigenvalue weighted by atomic mass is 9.60. The Hall–Kier alpha value is -1.64. The Morgan fingerprint density at radius 1 is 1.09 bits per heavy atom. The Bertz CT molecular complexity index is 586. The molecule has 23 heavy (non-hydrogen) atoms. The molecule has 1 aromatic carbocycles. The topological polar surface area (TPSA) is 54.4 Å². The van der Waals surface area contributed by atoms with E-state index in [2.05, 4.69) is 0 Å². The van der Waals surface area contributed by atoms with Crippen LogP contribution in [0.25, 0.3) is 0 Å². The minimum absolute atomic E-state index is 0.0569. The zero-order chi connectivity index (χ0) is 17.2. The van der Waals surface area contributed by atoms with Gasteiger partial charge in [0.1, 0.15) is 0 Å². The van der Waals surface area contributed by atoms with E-state index in [1.807, 2.05) is 39.8 Å². The zero-order valence-corrected chi connectivity index (χ0v) is 14.7. The van der Waals surface area contributed by atoms with Crippen molar-refractivity contribution in [1.82, 2.24) is 0 Å². The normalized spacial score (nSPS) is 18.4. The van der Waals surface area contributed by atoms with Gasteiger partial charge in [-0.25, -0.2) is 0 Å². The summed E-state index contributed by atoms with van der Waals surface area (Å²) in [4.78, 5) is 25.4. The molecule has 0 amide bonds. The Kier molecular flexibility index (Phi) is 5.28. The molecule has 1 fully saturated rings. The van der Waals surface area contributed by atoms with Gasteiger partial charge in [-0.15, -0.1) is 0 Å². The van der Waals surface area contributed by atoms with E-state index in [9.17, 15) is 14.7 Å². The van der Waals surface area contributed by atoms with E-state index in [4.69, 9.17) is 0 Å². The molecule has 1 aromatic rings. The van der Waals surface area contributed by atoms with Crippen LogP contribution >= 0.6 is 0 Å². The van der Waals surface area contributed by atoms with E-state index in [-0.39, 0.29) is 5.78 Å². The molecule has 0 bridgehead atoms. The molecule has 1 N–H and O–H groups in total. The molecule has 3 heteroatoms. The Balaban J connectivity index is 2.56. The minimum atomic E-state index is -0.829. The average Bonchev–Trinajstić information content (AvgIpc) is 2.47. The summed E-state index contributed by atoms with van der Waals surface area (Å²) in [5.41, 5.74) is 3.09. The average molecular weight is 316 g/mol. The van der Waals surface area contributed by atoms with Gasteiger partial charge < -0.3 is 5.11 Å². The van der Waals surface area contributed by atoms with Crippen molar-refractivity contribution in [3.8, 4) is 0 Å². The SMILES string of the molecule is CCC(C(=O)O)C1(C(=O)c2c(C)cc(C)cc2C)CCCCC1. The fourth-order valence-corrected chi connectivity index (χ4v) is 4.51. The Morgan fingerprint density at radius 3 is 2.04 bits per heavy atom. The lowest BCUT2D eigenvalue weighted by Crippen LogP contribution is -2.44. The molecule has 126 valence electrons. The van der Waals surface area contributed by atoms with E-state index >= 15 is 0 Å². The van der Waals surface area contributed by atoms with E-state index in [1.165, 1.54) is 0 Å². The van der Waals surface area contributed by atoms with Crippen molar-refractivity contribution < 1.29 is 14.7 Å². The molecular weight excluding hydrogens is 288 g/mol. The molecule has 0 saturated heterocycles. The van der Waals surface area contributed by atoms with Crippen LogP contribution in [-0.4, -0.2) is 16.9 Å². The number of carboxylic acid groups (broad SMARTS) is 1. The second-order valence-corrected chi connectivity index (χ2v) is 7.12.